The van der Waals surface area contributed by atoms with Crippen molar-refractivity contribution in [2.75, 3.05) is 13.7 Å². The summed E-state index contributed by atoms with van der Waals surface area (Å²) in [6.07, 6.45) is 0.414. The predicted octanol–water partition coefficient (Wildman–Crippen LogP) is 1.23. The van der Waals surface area contributed by atoms with Crippen molar-refractivity contribution in [3.63, 3.8) is 0 Å². The summed E-state index contributed by atoms with van der Waals surface area (Å²) in [6.45, 7) is 1.58. The first-order valence-electron chi connectivity index (χ1n) is 7.01. The van der Waals surface area contributed by atoms with Crippen LogP contribution < -0.4 is 5.32 Å². The highest BCUT2D eigenvalue weighted by molar-refractivity contribution is 5.85. The maximum atomic E-state index is 11.8. The average Bonchev–Trinajstić information content (AvgIpc) is 2.51. The van der Waals surface area contributed by atoms with Crippen LogP contribution in [0.25, 0.3) is 0 Å². The van der Waals surface area contributed by atoms with Crippen LogP contribution >= 0.6 is 0 Å². The van der Waals surface area contributed by atoms with Gasteiger partial charge >= 0.3 is 5.97 Å². The second-order valence-corrected chi connectivity index (χ2v) is 4.86. The molecule has 120 valence electrons. The molecule has 0 aliphatic carbocycles. The van der Waals surface area contributed by atoms with Crippen molar-refractivity contribution >= 4 is 17.7 Å². The lowest BCUT2D eigenvalue weighted by Crippen LogP contribution is -2.43. The Morgan fingerprint density at radius 3 is 2.45 bits per heavy atom. The maximum Gasteiger partial charge on any atom is 0.328 e. The van der Waals surface area contributed by atoms with Gasteiger partial charge in [0.1, 0.15) is 18.4 Å². The fourth-order valence-corrected chi connectivity index (χ4v) is 1.81. The van der Waals surface area contributed by atoms with E-state index >= 15 is 0 Å². The van der Waals surface area contributed by atoms with Crippen LogP contribution in [0.4, 0.5) is 0 Å². The van der Waals surface area contributed by atoms with Gasteiger partial charge in [0, 0.05) is 6.42 Å². The monoisotopic (exact) mass is 307 g/mol. The molecule has 1 aromatic rings. The standard InChI is InChI=1S/C16H21NO5/c1-12(18)8-9-14(16(20)21-2)17-15(19)11-22-10-13-6-4-3-5-7-13/h3-7,14H,8-11H2,1-2H3,(H,17,19)/t14-/m1/s1. The SMILES string of the molecule is COC(=O)[C@@H](CCC(C)=O)NC(=O)COCc1ccccc1. The molecule has 0 heterocycles. The van der Waals surface area contributed by atoms with E-state index in [1.807, 2.05) is 30.3 Å². The maximum absolute atomic E-state index is 11.8. The summed E-state index contributed by atoms with van der Waals surface area (Å²) >= 11 is 0. The molecule has 6 heteroatoms. The first-order chi connectivity index (χ1) is 10.5. The van der Waals surface area contributed by atoms with Crippen LogP contribution in [0.2, 0.25) is 0 Å². The molecule has 0 bridgehead atoms. The molecule has 1 N–H and O–H groups in total. The van der Waals surface area contributed by atoms with Crippen molar-refractivity contribution in [1.82, 2.24) is 5.32 Å². The van der Waals surface area contributed by atoms with Gasteiger partial charge in [-0.25, -0.2) is 4.79 Å². The van der Waals surface area contributed by atoms with Gasteiger partial charge in [-0.05, 0) is 18.9 Å². The zero-order valence-electron chi connectivity index (χ0n) is 12.8. The topological polar surface area (TPSA) is 81.7 Å². The molecule has 0 saturated carbocycles. The smallest absolute Gasteiger partial charge is 0.328 e. The molecule has 0 unspecified atom stereocenters. The molecule has 0 fully saturated rings. The lowest BCUT2D eigenvalue weighted by atomic mass is 10.1. The molecule has 1 amide bonds. The summed E-state index contributed by atoms with van der Waals surface area (Å²) in [6, 6.07) is 8.61. The van der Waals surface area contributed by atoms with E-state index < -0.39 is 17.9 Å². The van der Waals surface area contributed by atoms with Gasteiger partial charge in [-0.1, -0.05) is 30.3 Å². The number of amides is 1. The lowest BCUT2D eigenvalue weighted by Gasteiger charge is -2.15. The fourth-order valence-electron chi connectivity index (χ4n) is 1.81. The molecule has 22 heavy (non-hydrogen) atoms. The highest BCUT2D eigenvalue weighted by atomic mass is 16.5. The van der Waals surface area contributed by atoms with Crippen molar-refractivity contribution in [1.29, 1.82) is 0 Å². The van der Waals surface area contributed by atoms with Crippen LogP contribution in [0.15, 0.2) is 30.3 Å². The van der Waals surface area contributed by atoms with Crippen LogP contribution in [0.1, 0.15) is 25.3 Å². The number of carbonyl (C=O) groups is 3. The molecule has 0 radical (unpaired) electrons. The van der Waals surface area contributed by atoms with Gasteiger partial charge in [0.2, 0.25) is 5.91 Å². The van der Waals surface area contributed by atoms with Crippen LogP contribution in [-0.4, -0.2) is 37.4 Å². The zero-order valence-corrected chi connectivity index (χ0v) is 12.8. The van der Waals surface area contributed by atoms with Crippen LogP contribution in [0.5, 0.6) is 0 Å². The van der Waals surface area contributed by atoms with E-state index in [1.165, 1.54) is 14.0 Å². The van der Waals surface area contributed by atoms with Gasteiger partial charge in [-0.3, -0.25) is 4.79 Å². The van der Waals surface area contributed by atoms with Crippen LogP contribution in [-0.2, 0) is 30.5 Å². The minimum absolute atomic E-state index is 0.0523. The van der Waals surface area contributed by atoms with Gasteiger partial charge < -0.3 is 19.6 Å². The molecular formula is C16H21NO5. The van der Waals surface area contributed by atoms with E-state index in [4.69, 9.17) is 4.74 Å². The van der Waals surface area contributed by atoms with Crippen molar-refractivity contribution in [3.05, 3.63) is 35.9 Å². The van der Waals surface area contributed by atoms with Gasteiger partial charge in [-0.2, -0.15) is 0 Å². The van der Waals surface area contributed by atoms with Crippen molar-refractivity contribution in [3.8, 4) is 0 Å². The lowest BCUT2D eigenvalue weighted by molar-refractivity contribution is -0.146. The molecule has 0 aromatic heterocycles. The van der Waals surface area contributed by atoms with E-state index in [0.717, 1.165) is 5.56 Å². The normalized spacial score (nSPS) is 11.5. The number of carbonyl (C=O) groups excluding carboxylic acids is 3. The Hall–Kier alpha value is -2.21. The van der Waals surface area contributed by atoms with E-state index in [-0.39, 0.29) is 25.2 Å². The van der Waals surface area contributed by atoms with Gasteiger partial charge in [0.05, 0.1) is 13.7 Å². The van der Waals surface area contributed by atoms with Crippen LogP contribution in [0.3, 0.4) is 0 Å². The Morgan fingerprint density at radius 2 is 1.86 bits per heavy atom. The van der Waals surface area contributed by atoms with Crippen molar-refractivity contribution < 1.29 is 23.9 Å². The van der Waals surface area contributed by atoms with Gasteiger partial charge in [0.15, 0.2) is 0 Å². The molecule has 1 aromatic carbocycles. The summed E-state index contributed by atoms with van der Waals surface area (Å²) < 4.78 is 9.90. The minimum atomic E-state index is -0.832. The van der Waals surface area contributed by atoms with Gasteiger partial charge in [-0.15, -0.1) is 0 Å². The first-order valence-corrected chi connectivity index (χ1v) is 7.01. The number of ketones is 1. The van der Waals surface area contributed by atoms with E-state index in [0.29, 0.717) is 6.61 Å². The summed E-state index contributed by atoms with van der Waals surface area (Å²) in [5, 5.41) is 2.52. The Balaban J connectivity index is 2.38. The van der Waals surface area contributed by atoms with Crippen molar-refractivity contribution in [2.24, 2.45) is 0 Å². The quantitative estimate of drug-likeness (QED) is 0.694. The minimum Gasteiger partial charge on any atom is -0.467 e. The largest absolute Gasteiger partial charge is 0.467 e. The average molecular weight is 307 g/mol. The number of hydrogen-bond acceptors (Lipinski definition) is 5. The van der Waals surface area contributed by atoms with E-state index in [9.17, 15) is 14.4 Å². The zero-order chi connectivity index (χ0) is 16.4. The number of methoxy groups -OCH3 is 1. The number of esters is 1. The highest BCUT2D eigenvalue weighted by Gasteiger charge is 2.21. The number of rotatable bonds is 9. The molecule has 0 aliphatic rings. The Morgan fingerprint density at radius 1 is 1.18 bits per heavy atom. The molecule has 0 aliphatic heterocycles. The number of benzene rings is 1. The van der Waals surface area contributed by atoms with Crippen molar-refractivity contribution in [2.45, 2.75) is 32.4 Å². The molecule has 1 atom stereocenters. The second-order valence-electron chi connectivity index (χ2n) is 4.86. The highest BCUT2D eigenvalue weighted by Crippen LogP contribution is 2.02. The number of hydrogen-bond donors (Lipinski definition) is 1. The molecule has 6 nitrogen and oxygen atoms in total. The molecular weight excluding hydrogens is 286 g/mol. The summed E-state index contributed by atoms with van der Waals surface area (Å²) in [7, 11) is 1.24. The Kier molecular flexibility index (Phi) is 7.85. The molecule has 0 saturated heterocycles. The van der Waals surface area contributed by atoms with E-state index in [2.05, 4.69) is 10.1 Å². The summed E-state index contributed by atoms with van der Waals surface area (Å²) in [5.74, 6) is -1.05. The third-order valence-corrected chi connectivity index (χ3v) is 2.95. The second kappa shape index (κ2) is 9.68. The van der Waals surface area contributed by atoms with Gasteiger partial charge in [0.25, 0.3) is 0 Å². The Bertz CT molecular complexity index is 501. The summed E-state index contributed by atoms with van der Waals surface area (Å²) in [5.41, 5.74) is 0.955. The fraction of sp³-hybridized carbons (Fsp3) is 0.438. The van der Waals surface area contributed by atoms with E-state index in [1.54, 1.807) is 0 Å². The molecule has 0 spiro atoms. The third kappa shape index (κ3) is 6.99. The van der Waals surface area contributed by atoms with Crippen LogP contribution in [0, 0.1) is 0 Å². The number of nitrogens with one attached hydrogen (secondary N) is 1. The molecule has 1 rings (SSSR count). The summed E-state index contributed by atoms with van der Waals surface area (Å²) in [4.78, 5) is 34.3. The number of ether oxygens (including phenoxy) is 2. The first kappa shape index (κ1) is 17.8. The third-order valence-electron chi connectivity index (χ3n) is 2.95. The number of Topliss-reactive ketones (excluding diaryl/α,β-unsaturated/α-hetero) is 1. The Labute approximate surface area is 129 Å². The predicted molar refractivity (Wildman–Crippen MR) is 80.0 cm³/mol.